The van der Waals surface area contributed by atoms with Crippen LogP contribution < -0.4 is 14.9 Å². The van der Waals surface area contributed by atoms with Crippen molar-refractivity contribution in [3.05, 3.63) is 77.1 Å². The van der Waals surface area contributed by atoms with Crippen molar-refractivity contribution in [1.29, 1.82) is 0 Å². The number of amides is 1. The van der Waals surface area contributed by atoms with Crippen LogP contribution in [0.1, 0.15) is 56.4 Å². The Morgan fingerprint density at radius 3 is 2.38 bits per heavy atom. The van der Waals surface area contributed by atoms with Gasteiger partial charge in [-0.25, -0.2) is 27.2 Å². The minimum atomic E-state index is -3.97. The van der Waals surface area contributed by atoms with Crippen molar-refractivity contribution in [2.45, 2.75) is 69.3 Å². The molecule has 0 unspecified atom stereocenters. The van der Waals surface area contributed by atoms with Gasteiger partial charge in [-0.15, -0.1) is 0 Å². The van der Waals surface area contributed by atoms with E-state index in [0.29, 0.717) is 23.2 Å². The molecule has 1 fully saturated rings. The SMILES string of the molecule is CN(C)C1CCC(Nc2ncc3c(n2)C(C)(C)C(=O)N(c2ccc(NS(=O)(=O)Cc4ccc(F)cc4)c(F)c2)C3)CC1. The Kier molecular flexibility index (Phi) is 8.21. The topological polar surface area (TPSA) is 108 Å². The molecule has 1 amide bonds. The van der Waals surface area contributed by atoms with Crippen LogP contribution in [0.15, 0.2) is 48.7 Å². The zero-order valence-corrected chi connectivity index (χ0v) is 25.0. The van der Waals surface area contributed by atoms with Gasteiger partial charge >= 0.3 is 0 Å². The van der Waals surface area contributed by atoms with Crippen LogP contribution in [-0.2, 0) is 32.5 Å². The largest absolute Gasteiger partial charge is 0.351 e. The summed E-state index contributed by atoms with van der Waals surface area (Å²) in [7, 11) is 0.244. The summed E-state index contributed by atoms with van der Waals surface area (Å²) in [6, 6.07) is 9.81. The van der Waals surface area contributed by atoms with Gasteiger partial charge in [0.15, 0.2) is 0 Å². The molecule has 9 nitrogen and oxygen atoms in total. The number of hydrogen-bond acceptors (Lipinski definition) is 7. The quantitative estimate of drug-likeness (QED) is 0.383. The Morgan fingerprint density at radius 1 is 1.05 bits per heavy atom. The maximum Gasteiger partial charge on any atom is 0.239 e. The number of carbonyl (C=O) groups excluding carboxylic acids is 1. The first-order valence-electron chi connectivity index (χ1n) is 14.0. The van der Waals surface area contributed by atoms with Gasteiger partial charge in [-0.1, -0.05) is 12.1 Å². The third-order valence-electron chi connectivity index (χ3n) is 8.12. The molecule has 1 aromatic heterocycles. The van der Waals surface area contributed by atoms with Gasteiger partial charge in [-0.3, -0.25) is 9.52 Å². The van der Waals surface area contributed by atoms with E-state index in [4.69, 9.17) is 4.98 Å². The van der Waals surface area contributed by atoms with Gasteiger partial charge in [0.1, 0.15) is 11.6 Å². The summed E-state index contributed by atoms with van der Waals surface area (Å²) in [6.07, 6.45) is 5.94. The lowest BCUT2D eigenvalue weighted by molar-refractivity contribution is -0.123. The number of anilines is 3. The highest BCUT2D eigenvalue weighted by atomic mass is 32.2. The molecule has 2 heterocycles. The standard InChI is InChI=1S/C30H36F2N6O3S/c1-30(2)27-20(16-33-29(35-27)34-22-9-11-23(12-10-22)37(3)4)17-38(28(30)39)24-13-14-26(25(32)15-24)36-42(40,41)18-19-5-7-21(31)8-6-19/h5-8,13-16,22-23,36H,9-12,17-18H2,1-4H3,(H,33,34,35). The fourth-order valence-corrected chi connectivity index (χ4v) is 6.90. The molecule has 2 aromatic carbocycles. The molecule has 224 valence electrons. The van der Waals surface area contributed by atoms with Gasteiger partial charge in [0.05, 0.1) is 29.1 Å². The molecule has 2 aliphatic rings. The van der Waals surface area contributed by atoms with Crippen molar-refractivity contribution in [3.8, 4) is 0 Å². The van der Waals surface area contributed by atoms with E-state index < -0.39 is 32.8 Å². The Balaban J connectivity index is 1.30. The number of benzene rings is 2. The molecule has 0 spiro atoms. The molecule has 0 bridgehead atoms. The van der Waals surface area contributed by atoms with Gasteiger partial charge in [-0.05, 0) is 89.5 Å². The number of sulfonamides is 1. The first-order valence-corrected chi connectivity index (χ1v) is 15.6. The normalized spacial score (nSPS) is 20.4. The van der Waals surface area contributed by atoms with Crippen LogP contribution in [0.3, 0.4) is 0 Å². The summed E-state index contributed by atoms with van der Waals surface area (Å²) in [5.41, 5.74) is 0.792. The highest BCUT2D eigenvalue weighted by Gasteiger charge is 2.42. The van der Waals surface area contributed by atoms with Crippen molar-refractivity contribution in [1.82, 2.24) is 14.9 Å². The third kappa shape index (κ3) is 6.39. The molecule has 0 radical (unpaired) electrons. The van der Waals surface area contributed by atoms with Crippen LogP contribution >= 0.6 is 0 Å². The first kappa shape index (κ1) is 29.8. The first-order chi connectivity index (χ1) is 19.8. The minimum Gasteiger partial charge on any atom is -0.351 e. The lowest BCUT2D eigenvalue weighted by Gasteiger charge is -2.38. The van der Waals surface area contributed by atoms with Crippen LogP contribution in [0, 0.1) is 11.6 Å². The van der Waals surface area contributed by atoms with Crippen molar-refractivity contribution < 1.29 is 22.0 Å². The number of aromatic nitrogens is 2. The number of halogens is 2. The molecule has 5 rings (SSSR count). The van der Waals surface area contributed by atoms with Gasteiger partial charge in [0.2, 0.25) is 21.9 Å². The molecule has 12 heteroatoms. The minimum absolute atomic E-state index is 0.154. The zero-order chi connectivity index (χ0) is 30.2. The highest BCUT2D eigenvalue weighted by molar-refractivity contribution is 7.91. The molecule has 0 saturated heterocycles. The molecule has 42 heavy (non-hydrogen) atoms. The lowest BCUT2D eigenvalue weighted by atomic mass is 9.81. The molecule has 2 N–H and O–H groups in total. The zero-order valence-electron chi connectivity index (χ0n) is 24.2. The fourth-order valence-electron chi connectivity index (χ4n) is 5.70. The summed E-state index contributed by atoms with van der Waals surface area (Å²) in [5.74, 6) is -1.51. The van der Waals surface area contributed by atoms with Gasteiger partial charge in [0.25, 0.3) is 0 Å². The summed E-state index contributed by atoms with van der Waals surface area (Å²) in [4.78, 5) is 26.6. The second-order valence-corrected chi connectivity index (χ2v) is 13.6. The average molecular weight is 599 g/mol. The van der Waals surface area contributed by atoms with E-state index in [1.54, 1.807) is 20.0 Å². The highest BCUT2D eigenvalue weighted by Crippen LogP contribution is 2.37. The maximum atomic E-state index is 15.1. The Morgan fingerprint density at radius 2 is 1.74 bits per heavy atom. The van der Waals surface area contributed by atoms with E-state index in [9.17, 15) is 17.6 Å². The van der Waals surface area contributed by atoms with E-state index >= 15 is 4.39 Å². The van der Waals surface area contributed by atoms with Crippen molar-refractivity contribution in [2.75, 3.05) is 29.0 Å². The smallest absolute Gasteiger partial charge is 0.239 e. The monoisotopic (exact) mass is 598 g/mol. The Hall–Kier alpha value is -3.64. The van der Waals surface area contributed by atoms with Crippen molar-refractivity contribution >= 4 is 33.3 Å². The van der Waals surface area contributed by atoms with Crippen molar-refractivity contribution in [2.24, 2.45) is 0 Å². The van der Waals surface area contributed by atoms with E-state index in [1.165, 1.54) is 29.2 Å². The Bertz CT molecular complexity index is 1570. The van der Waals surface area contributed by atoms with Gasteiger partial charge in [-0.2, -0.15) is 0 Å². The number of rotatable bonds is 8. The number of nitrogens with one attached hydrogen (secondary N) is 2. The van der Waals surface area contributed by atoms with E-state index in [2.05, 4.69) is 34.0 Å². The van der Waals surface area contributed by atoms with E-state index in [1.807, 2.05) is 0 Å². The van der Waals surface area contributed by atoms with Crippen LogP contribution in [0.4, 0.5) is 26.1 Å². The van der Waals surface area contributed by atoms with Gasteiger partial charge < -0.3 is 15.1 Å². The van der Waals surface area contributed by atoms with Crippen LogP contribution in [-0.4, -0.2) is 55.4 Å². The van der Waals surface area contributed by atoms with Crippen LogP contribution in [0.5, 0.6) is 0 Å². The summed E-state index contributed by atoms with van der Waals surface area (Å²) < 4.78 is 55.7. The molecular formula is C30H36F2N6O3S. The summed E-state index contributed by atoms with van der Waals surface area (Å²) in [5, 5.41) is 3.45. The number of hydrogen-bond donors (Lipinski definition) is 2. The molecule has 3 aromatic rings. The fraction of sp³-hybridized carbons (Fsp3) is 0.433. The van der Waals surface area contributed by atoms with E-state index in [-0.39, 0.29) is 29.9 Å². The third-order valence-corrected chi connectivity index (χ3v) is 9.37. The van der Waals surface area contributed by atoms with Crippen LogP contribution in [0.25, 0.3) is 0 Å². The maximum absolute atomic E-state index is 15.1. The molecular weight excluding hydrogens is 562 g/mol. The van der Waals surface area contributed by atoms with E-state index in [0.717, 1.165) is 49.4 Å². The predicted molar refractivity (Wildman–Crippen MR) is 159 cm³/mol. The molecule has 1 saturated carbocycles. The van der Waals surface area contributed by atoms with Crippen LogP contribution in [0.2, 0.25) is 0 Å². The second-order valence-electron chi connectivity index (χ2n) is 11.8. The molecule has 0 atom stereocenters. The average Bonchev–Trinajstić information content (AvgIpc) is 2.94. The lowest BCUT2D eigenvalue weighted by Crippen LogP contribution is -2.48. The number of carbonyl (C=O) groups is 1. The van der Waals surface area contributed by atoms with Gasteiger partial charge in [0, 0.05) is 29.5 Å². The molecule has 1 aliphatic heterocycles. The second kappa shape index (κ2) is 11.6. The molecule has 1 aliphatic carbocycles. The van der Waals surface area contributed by atoms with Crippen molar-refractivity contribution in [3.63, 3.8) is 0 Å². The predicted octanol–water partition coefficient (Wildman–Crippen LogP) is 4.81. The summed E-state index contributed by atoms with van der Waals surface area (Å²) >= 11 is 0. The Labute approximate surface area is 245 Å². The summed E-state index contributed by atoms with van der Waals surface area (Å²) in [6.45, 7) is 3.72. The number of nitrogens with zero attached hydrogens (tertiary/aromatic N) is 4. The number of fused-ring (bicyclic) bond motifs is 1.